The lowest BCUT2D eigenvalue weighted by atomic mass is 10.1. The predicted octanol–water partition coefficient (Wildman–Crippen LogP) is 6.06. The molecule has 0 saturated carbocycles. The third-order valence-corrected chi connectivity index (χ3v) is 8.84. The molecule has 0 fully saturated rings. The Hall–Kier alpha value is -3.34. The summed E-state index contributed by atoms with van der Waals surface area (Å²) < 4.78 is 47.7. The molecule has 1 N–H and O–H groups in total. The number of halogens is 3. The maximum absolute atomic E-state index is 14.0. The van der Waals surface area contributed by atoms with Gasteiger partial charge in [-0.15, -0.1) is 0 Å². The maximum Gasteiger partial charge on any atom is 0.264 e. The summed E-state index contributed by atoms with van der Waals surface area (Å²) in [5.41, 5.74) is 0.706. The molecular weight excluding hydrogens is 604 g/mol. The summed E-state index contributed by atoms with van der Waals surface area (Å²) in [6.07, 6.45) is 1.63. The van der Waals surface area contributed by atoms with Crippen molar-refractivity contribution in [1.82, 2.24) is 10.2 Å². The molecular formula is C30H34Cl2FN3O5S. The standard InChI is InChI=1S/C30H34Cl2FN3O5S/c1-4-6-17-34-30(38)21(3)35(19-22-7-8-23(31)18-28(22)32)29(37)20-36(25-11-13-26(14-12-25)41-5-2)42(39,40)27-15-9-24(33)10-16-27/h7-16,18,21H,4-6,17,19-20H2,1-3H3,(H,34,38)/t21-/m0/s1. The van der Waals surface area contributed by atoms with Crippen LogP contribution < -0.4 is 14.4 Å². The van der Waals surface area contributed by atoms with E-state index in [4.69, 9.17) is 27.9 Å². The van der Waals surface area contributed by atoms with Gasteiger partial charge in [0.2, 0.25) is 11.8 Å². The second kappa shape index (κ2) is 15.2. The molecule has 0 aliphatic rings. The number of carbonyl (C=O) groups excluding carboxylic acids is 2. The molecule has 2 amide bonds. The van der Waals surface area contributed by atoms with Crippen LogP contribution in [0.15, 0.2) is 71.6 Å². The lowest BCUT2D eigenvalue weighted by Gasteiger charge is -2.32. The minimum Gasteiger partial charge on any atom is -0.494 e. The van der Waals surface area contributed by atoms with E-state index in [0.717, 1.165) is 41.4 Å². The van der Waals surface area contributed by atoms with Crippen molar-refractivity contribution in [3.05, 3.63) is 88.2 Å². The number of rotatable bonds is 14. The Morgan fingerprint density at radius 1 is 1.00 bits per heavy atom. The molecule has 3 aromatic carbocycles. The molecule has 0 unspecified atom stereocenters. The summed E-state index contributed by atoms with van der Waals surface area (Å²) in [6, 6.07) is 14.4. The zero-order chi connectivity index (χ0) is 30.9. The number of anilines is 1. The molecule has 3 rings (SSSR count). The average molecular weight is 639 g/mol. The highest BCUT2D eigenvalue weighted by Crippen LogP contribution is 2.28. The molecule has 226 valence electrons. The first-order valence-electron chi connectivity index (χ1n) is 13.5. The molecule has 0 bridgehead atoms. The number of benzene rings is 3. The van der Waals surface area contributed by atoms with Gasteiger partial charge in [0.1, 0.15) is 24.2 Å². The van der Waals surface area contributed by atoms with Crippen molar-refractivity contribution in [2.45, 2.75) is 51.1 Å². The topological polar surface area (TPSA) is 96.0 Å². The Morgan fingerprint density at radius 3 is 2.26 bits per heavy atom. The third kappa shape index (κ3) is 8.59. The largest absolute Gasteiger partial charge is 0.494 e. The van der Waals surface area contributed by atoms with E-state index in [-0.39, 0.29) is 17.1 Å². The van der Waals surface area contributed by atoms with E-state index >= 15 is 0 Å². The van der Waals surface area contributed by atoms with E-state index in [1.54, 1.807) is 31.2 Å². The van der Waals surface area contributed by atoms with Gasteiger partial charge in [-0.05, 0) is 86.5 Å². The van der Waals surface area contributed by atoms with Gasteiger partial charge in [-0.3, -0.25) is 13.9 Å². The van der Waals surface area contributed by atoms with Crippen molar-refractivity contribution < 1.29 is 27.1 Å². The predicted molar refractivity (Wildman–Crippen MR) is 163 cm³/mol. The molecule has 0 heterocycles. The summed E-state index contributed by atoms with van der Waals surface area (Å²) in [5.74, 6) is -1.13. The van der Waals surface area contributed by atoms with Crippen LogP contribution in [0.25, 0.3) is 0 Å². The number of ether oxygens (including phenoxy) is 1. The molecule has 0 saturated heterocycles. The lowest BCUT2D eigenvalue weighted by molar-refractivity contribution is -0.139. The normalized spacial score (nSPS) is 12.0. The van der Waals surface area contributed by atoms with Crippen LogP contribution in [0.1, 0.15) is 39.2 Å². The number of carbonyl (C=O) groups is 2. The van der Waals surface area contributed by atoms with E-state index in [0.29, 0.717) is 34.5 Å². The van der Waals surface area contributed by atoms with Gasteiger partial charge in [-0.25, -0.2) is 12.8 Å². The van der Waals surface area contributed by atoms with Gasteiger partial charge in [-0.2, -0.15) is 0 Å². The Kier molecular flexibility index (Phi) is 12.0. The van der Waals surface area contributed by atoms with Gasteiger partial charge in [-0.1, -0.05) is 42.6 Å². The molecule has 42 heavy (non-hydrogen) atoms. The summed E-state index contributed by atoms with van der Waals surface area (Å²) in [6.45, 7) is 5.50. The van der Waals surface area contributed by atoms with Crippen LogP contribution in [-0.2, 0) is 26.2 Å². The van der Waals surface area contributed by atoms with Crippen molar-refractivity contribution in [3.63, 3.8) is 0 Å². The van der Waals surface area contributed by atoms with Crippen LogP contribution in [0.4, 0.5) is 10.1 Å². The first kappa shape index (κ1) is 33.2. The second-order valence-corrected chi connectivity index (χ2v) is 12.2. The van der Waals surface area contributed by atoms with Gasteiger partial charge in [0.15, 0.2) is 0 Å². The Bertz CT molecular complexity index is 1470. The van der Waals surface area contributed by atoms with Crippen LogP contribution in [0.3, 0.4) is 0 Å². The first-order valence-corrected chi connectivity index (χ1v) is 15.7. The van der Waals surface area contributed by atoms with Crippen molar-refractivity contribution in [3.8, 4) is 5.75 Å². The van der Waals surface area contributed by atoms with Gasteiger partial charge in [0, 0.05) is 23.1 Å². The van der Waals surface area contributed by atoms with Crippen LogP contribution in [-0.4, -0.2) is 50.9 Å². The van der Waals surface area contributed by atoms with Crippen LogP contribution in [0.2, 0.25) is 10.0 Å². The SMILES string of the molecule is CCCCNC(=O)[C@H](C)N(Cc1ccc(Cl)cc1Cl)C(=O)CN(c1ccc(OCC)cc1)S(=O)(=O)c1ccc(F)cc1. The fraction of sp³-hybridized carbons (Fsp3) is 0.333. The van der Waals surface area contributed by atoms with Crippen LogP contribution in [0.5, 0.6) is 5.75 Å². The van der Waals surface area contributed by atoms with Crippen molar-refractivity contribution in [2.75, 3.05) is 24.0 Å². The highest BCUT2D eigenvalue weighted by Gasteiger charge is 2.33. The number of amides is 2. The van der Waals surface area contributed by atoms with Crippen molar-refractivity contribution in [1.29, 1.82) is 0 Å². The average Bonchev–Trinajstić information content (AvgIpc) is 2.96. The van der Waals surface area contributed by atoms with E-state index < -0.39 is 40.2 Å². The highest BCUT2D eigenvalue weighted by molar-refractivity contribution is 7.92. The van der Waals surface area contributed by atoms with Crippen LogP contribution >= 0.6 is 23.2 Å². The fourth-order valence-electron chi connectivity index (χ4n) is 4.09. The van der Waals surface area contributed by atoms with E-state index in [1.165, 1.54) is 23.1 Å². The number of hydrogen-bond acceptors (Lipinski definition) is 5. The van der Waals surface area contributed by atoms with Gasteiger partial charge < -0.3 is 15.0 Å². The minimum atomic E-state index is -4.34. The van der Waals surface area contributed by atoms with E-state index in [1.807, 2.05) is 13.8 Å². The van der Waals surface area contributed by atoms with Crippen molar-refractivity contribution in [2.24, 2.45) is 0 Å². The Labute approximate surface area is 256 Å². The zero-order valence-corrected chi connectivity index (χ0v) is 26.0. The molecule has 0 aliphatic heterocycles. The molecule has 0 aliphatic carbocycles. The molecule has 8 nitrogen and oxygen atoms in total. The highest BCUT2D eigenvalue weighted by atomic mass is 35.5. The minimum absolute atomic E-state index is 0.0785. The molecule has 3 aromatic rings. The van der Waals surface area contributed by atoms with Crippen LogP contribution in [0, 0.1) is 5.82 Å². The number of sulfonamides is 1. The van der Waals surface area contributed by atoms with E-state index in [2.05, 4.69) is 5.32 Å². The van der Waals surface area contributed by atoms with Crippen molar-refractivity contribution >= 4 is 50.7 Å². The lowest BCUT2D eigenvalue weighted by Crippen LogP contribution is -2.51. The fourth-order valence-corrected chi connectivity index (χ4v) is 5.97. The van der Waals surface area contributed by atoms with Gasteiger partial charge in [0.25, 0.3) is 10.0 Å². The number of unbranched alkanes of at least 4 members (excludes halogenated alkanes) is 1. The monoisotopic (exact) mass is 637 g/mol. The number of hydrogen-bond donors (Lipinski definition) is 1. The van der Waals surface area contributed by atoms with Gasteiger partial charge >= 0.3 is 0 Å². The molecule has 0 radical (unpaired) electrons. The number of nitrogens with one attached hydrogen (secondary N) is 1. The second-order valence-electron chi connectivity index (χ2n) is 9.47. The maximum atomic E-state index is 14.0. The third-order valence-electron chi connectivity index (χ3n) is 6.47. The Balaban J connectivity index is 2.03. The van der Waals surface area contributed by atoms with Gasteiger partial charge in [0.05, 0.1) is 17.2 Å². The first-order chi connectivity index (χ1) is 20.0. The molecule has 0 aromatic heterocycles. The quantitative estimate of drug-likeness (QED) is 0.217. The summed E-state index contributed by atoms with van der Waals surface area (Å²) in [4.78, 5) is 28.1. The molecule has 1 atom stereocenters. The zero-order valence-electron chi connectivity index (χ0n) is 23.6. The number of nitrogens with zero attached hydrogens (tertiary/aromatic N) is 2. The summed E-state index contributed by atoms with van der Waals surface area (Å²) in [7, 11) is -4.34. The summed E-state index contributed by atoms with van der Waals surface area (Å²) in [5, 5.41) is 3.52. The molecule has 12 heteroatoms. The smallest absolute Gasteiger partial charge is 0.264 e. The van der Waals surface area contributed by atoms with E-state index in [9.17, 15) is 22.4 Å². The Morgan fingerprint density at radius 2 is 1.67 bits per heavy atom. The summed E-state index contributed by atoms with van der Waals surface area (Å²) >= 11 is 12.5. The molecule has 0 spiro atoms.